The topological polar surface area (TPSA) is 17.1 Å². The molecule has 58 valence electrons. The molecule has 0 aromatic rings. The lowest BCUT2D eigenvalue weighted by atomic mass is 10.1. The molecular weight excluding hydrogens is 133 g/mol. The Balaban J connectivity index is 2.57. The summed E-state index contributed by atoms with van der Waals surface area (Å²) in [7, 11) is 3.78. The van der Waals surface area contributed by atoms with Gasteiger partial charge in [0.05, 0.1) is 19.1 Å². The van der Waals surface area contributed by atoms with Gasteiger partial charge in [-0.1, -0.05) is 6.54 Å². The molecule has 0 spiro atoms. The van der Waals surface area contributed by atoms with Crippen LogP contribution in [-0.2, 0) is 4.79 Å². The zero-order chi connectivity index (χ0) is 7.78. The standard InChI is InChI=1S/C7H12FNO/c1-9(2)4-3-7(10)6(8)5-9/h5-6H,3-4H2,1-2H3. The fourth-order valence-electron chi connectivity index (χ4n) is 1.05. The van der Waals surface area contributed by atoms with Crippen molar-refractivity contribution < 1.29 is 13.7 Å². The first-order valence-corrected chi connectivity index (χ1v) is 3.37. The quantitative estimate of drug-likeness (QED) is 0.359. The minimum atomic E-state index is -1.34. The van der Waals surface area contributed by atoms with E-state index < -0.39 is 6.17 Å². The van der Waals surface area contributed by atoms with E-state index in [1.807, 2.05) is 14.1 Å². The smallest absolute Gasteiger partial charge is 0.146 e. The first-order valence-electron chi connectivity index (χ1n) is 3.37. The Kier molecular flexibility index (Phi) is 1.77. The lowest BCUT2D eigenvalue weighted by Crippen LogP contribution is -2.48. The largest absolute Gasteiger partial charge is 0.456 e. The van der Waals surface area contributed by atoms with Crippen LogP contribution >= 0.6 is 0 Å². The highest BCUT2D eigenvalue weighted by Gasteiger charge is 2.24. The minimum absolute atomic E-state index is 0.280. The van der Waals surface area contributed by atoms with Crippen molar-refractivity contribution in [2.75, 3.05) is 20.6 Å². The number of likely N-dealkylation sites (tertiary alicyclic amines) is 1. The molecule has 1 unspecified atom stereocenters. The predicted octanol–water partition coefficient (Wildman–Crippen LogP) is 0.535. The Morgan fingerprint density at radius 3 is 2.70 bits per heavy atom. The molecule has 0 N–H and O–H groups in total. The monoisotopic (exact) mass is 145 g/mol. The molecule has 1 saturated heterocycles. The number of piperidine rings is 1. The fourth-order valence-corrected chi connectivity index (χ4v) is 1.05. The normalized spacial score (nSPS) is 32.3. The lowest BCUT2D eigenvalue weighted by molar-refractivity contribution is -0.864. The average Bonchev–Trinajstić information content (AvgIpc) is 1.79. The van der Waals surface area contributed by atoms with Crippen LogP contribution in [0.3, 0.4) is 0 Å². The molecule has 0 amide bonds. The summed E-state index contributed by atoms with van der Waals surface area (Å²) < 4.78 is 13.2. The molecule has 1 aliphatic rings. The Bertz CT molecular complexity index is 156. The molecule has 0 bridgehead atoms. The number of halogens is 1. The molecule has 1 rings (SSSR count). The van der Waals surface area contributed by atoms with Gasteiger partial charge in [-0.2, -0.15) is 0 Å². The van der Waals surface area contributed by atoms with E-state index in [1.165, 1.54) is 6.54 Å². The number of rotatable bonds is 0. The van der Waals surface area contributed by atoms with E-state index in [1.54, 1.807) is 0 Å². The number of quaternary nitrogens is 1. The summed E-state index contributed by atoms with van der Waals surface area (Å²) in [6.45, 7) is 2.16. The van der Waals surface area contributed by atoms with E-state index in [-0.39, 0.29) is 5.78 Å². The number of nitrogens with zero attached hydrogens (tertiary/aromatic N) is 1. The molecule has 0 saturated carbocycles. The highest BCUT2D eigenvalue weighted by Crippen LogP contribution is 2.17. The molecular formula is C7H12FNO. The van der Waals surface area contributed by atoms with E-state index in [0.29, 0.717) is 10.9 Å². The van der Waals surface area contributed by atoms with Gasteiger partial charge in [0.2, 0.25) is 0 Å². The van der Waals surface area contributed by atoms with Crippen molar-refractivity contribution in [3.8, 4) is 0 Å². The zero-order valence-electron chi connectivity index (χ0n) is 6.30. The van der Waals surface area contributed by atoms with Gasteiger partial charge in [0, 0.05) is 14.1 Å². The third-order valence-corrected chi connectivity index (χ3v) is 1.78. The molecule has 0 aromatic carbocycles. The van der Waals surface area contributed by atoms with Gasteiger partial charge >= 0.3 is 0 Å². The van der Waals surface area contributed by atoms with Gasteiger partial charge in [-0.05, 0) is 0 Å². The van der Waals surface area contributed by atoms with Crippen LogP contribution in [-0.4, -0.2) is 37.1 Å². The molecule has 1 atom stereocenters. The van der Waals surface area contributed by atoms with Crippen molar-refractivity contribution in [2.45, 2.75) is 12.6 Å². The van der Waals surface area contributed by atoms with Gasteiger partial charge < -0.3 is 4.48 Å². The molecule has 0 aliphatic carbocycles. The number of Topliss-reactive ketones (excluding diaryl/α,β-unsaturated/α-hetero) is 1. The molecule has 1 aliphatic heterocycles. The SMILES string of the molecule is C[N+]1(C)[CH-]C(F)C(=O)CC1. The van der Waals surface area contributed by atoms with Gasteiger partial charge in [-0.15, -0.1) is 0 Å². The second kappa shape index (κ2) is 2.31. The number of alkyl halides is 1. The van der Waals surface area contributed by atoms with Gasteiger partial charge in [-0.3, -0.25) is 9.18 Å². The molecule has 0 aromatic heterocycles. The van der Waals surface area contributed by atoms with E-state index in [9.17, 15) is 9.18 Å². The summed E-state index contributed by atoms with van der Waals surface area (Å²) in [5.74, 6) is -0.280. The third kappa shape index (κ3) is 1.53. The van der Waals surface area contributed by atoms with Crippen LogP contribution in [0.1, 0.15) is 6.42 Å². The van der Waals surface area contributed by atoms with E-state index >= 15 is 0 Å². The number of carbonyl (C=O) groups is 1. The molecule has 0 radical (unpaired) electrons. The minimum Gasteiger partial charge on any atom is -0.456 e. The molecule has 3 heteroatoms. The summed E-state index contributed by atoms with van der Waals surface area (Å²) in [6, 6.07) is 0. The summed E-state index contributed by atoms with van der Waals surface area (Å²) in [4.78, 5) is 10.7. The van der Waals surface area contributed by atoms with Crippen molar-refractivity contribution >= 4 is 5.78 Å². The van der Waals surface area contributed by atoms with Crippen LogP contribution in [0.15, 0.2) is 0 Å². The fraction of sp³-hybridized carbons (Fsp3) is 0.714. The second-order valence-electron chi connectivity index (χ2n) is 3.27. The van der Waals surface area contributed by atoms with Crippen molar-refractivity contribution in [1.82, 2.24) is 0 Å². The van der Waals surface area contributed by atoms with Gasteiger partial charge in [0.15, 0.2) is 0 Å². The maximum atomic E-state index is 12.7. The van der Waals surface area contributed by atoms with Gasteiger partial charge in [-0.25, -0.2) is 0 Å². The zero-order valence-corrected chi connectivity index (χ0v) is 6.30. The Morgan fingerprint density at radius 2 is 2.30 bits per heavy atom. The first kappa shape index (κ1) is 7.66. The summed E-state index contributed by atoms with van der Waals surface area (Å²) in [5, 5.41) is 0. The van der Waals surface area contributed by atoms with Crippen LogP contribution in [0.25, 0.3) is 0 Å². The van der Waals surface area contributed by atoms with E-state index in [2.05, 4.69) is 0 Å². The van der Waals surface area contributed by atoms with Crippen molar-refractivity contribution in [3.63, 3.8) is 0 Å². The highest BCUT2D eigenvalue weighted by atomic mass is 19.1. The molecule has 1 heterocycles. The van der Waals surface area contributed by atoms with E-state index in [0.717, 1.165) is 6.54 Å². The van der Waals surface area contributed by atoms with Crippen molar-refractivity contribution in [3.05, 3.63) is 6.54 Å². The Labute approximate surface area is 60.2 Å². The molecule has 1 fully saturated rings. The number of ketones is 1. The maximum Gasteiger partial charge on any atom is 0.146 e. The number of carbonyl (C=O) groups excluding carboxylic acids is 1. The highest BCUT2D eigenvalue weighted by molar-refractivity contribution is 5.84. The van der Waals surface area contributed by atoms with Gasteiger partial charge in [0.25, 0.3) is 0 Å². The Hall–Kier alpha value is -0.440. The molecule has 2 nitrogen and oxygen atoms in total. The van der Waals surface area contributed by atoms with Crippen LogP contribution in [0.4, 0.5) is 4.39 Å². The van der Waals surface area contributed by atoms with Crippen LogP contribution in [0.2, 0.25) is 0 Å². The summed E-state index contributed by atoms with van der Waals surface area (Å²) >= 11 is 0. The summed E-state index contributed by atoms with van der Waals surface area (Å²) in [6.07, 6.45) is -0.978. The average molecular weight is 145 g/mol. The lowest BCUT2D eigenvalue weighted by Gasteiger charge is -2.44. The van der Waals surface area contributed by atoms with Crippen molar-refractivity contribution in [2.24, 2.45) is 0 Å². The van der Waals surface area contributed by atoms with E-state index in [4.69, 9.17) is 0 Å². The Morgan fingerprint density at radius 1 is 1.70 bits per heavy atom. The van der Waals surface area contributed by atoms with Crippen molar-refractivity contribution in [1.29, 1.82) is 0 Å². The molecule has 10 heavy (non-hydrogen) atoms. The second-order valence-corrected chi connectivity index (χ2v) is 3.27. The summed E-state index contributed by atoms with van der Waals surface area (Å²) in [5.41, 5.74) is 0. The predicted molar refractivity (Wildman–Crippen MR) is 35.8 cm³/mol. The van der Waals surface area contributed by atoms with Crippen LogP contribution in [0, 0.1) is 6.54 Å². The number of hydrogen-bond acceptors (Lipinski definition) is 1. The first-order chi connectivity index (χ1) is 4.51. The number of hydrogen-bond donors (Lipinski definition) is 0. The van der Waals surface area contributed by atoms with Gasteiger partial charge in [0.1, 0.15) is 5.78 Å². The van der Waals surface area contributed by atoms with Crippen LogP contribution < -0.4 is 0 Å². The maximum absolute atomic E-state index is 12.7. The van der Waals surface area contributed by atoms with Crippen LogP contribution in [0.5, 0.6) is 0 Å². The third-order valence-electron chi connectivity index (χ3n) is 1.78.